The van der Waals surface area contributed by atoms with E-state index in [9.17, 15) is 0 Å². The standard InChI is InChI=1S/C13H19N3/c1-15-11-4-5-13(15)10-16(8-6-11)12-3-2-7-14-9-12/h2-3,7,9,11,13H,4-6,8,10H2,1H3. The molecule has 2 unspecified atom stereocenters. The van der Waals surface area contributed by atoms with Crippen LogP contribution in [0.15, 0.2) is 24.5 Å². The highest BCUT2D eigenvalue weighted by Gasteiger charge is 2.34. The van der Waals surface area contributed by atoms with Gasteiger partial charge in [0.05, 0.1) is 11.9 Å². The molecule has 3 nitrogen and oxygen atoms in total. The molecule has 3 heteroatoms. The third kappa shape index (κ3) is 1.69. The summed E-state index contributed by atoms with van der Waals surface area (Å²) in [4.78, 5) is 9.29. The quantitative estimate of drug-likeness (QED) is 0.714. The van der Waals surface area contributed by atoms with Gasteiger partial charge in [0.2, 0.25) is 0 Å². The van der Waals surface area contributed by atoms with Gasteiger partial charge in [-0.2, -0.15) is 0 Å². The molecule has 0 aliphatic carbocycles. The Morgan fingerprint density at radius 1 is 1.25 bits per heavy atom. The van der Waals surface area contributed by atoms with E-state index in [0.717, 1.165) is 12.1 Å². The van der Waals surface area contributed by atoms with E-state index in [1.54, 1.807) is 0 Å². The summed E-state index contributed by atoms with van der Waals surface area (Å²) < 4.78 is 0. The molecule has 0 N–H and O–H groups in total. The molecule has 1 aromatic heterocycles. The number of hydrogen-bond acceptors (Lipinski definition) is 3. The highest BCUT2D eigenvalue weighted by Crippen LogP contribution is 2.30. The van der Waals surface area contributed by atoms with Crippen molar-refractivity contribution in [1.82, 2.24) is 9.88 Å². The third-order valence-corrected chi connectivity index (χ3v) is 4.16. The summed E-state index contributed by atoms with van der Waals surface area (Å²) in [5.41, 5.74) is 1.28. The van der Waals surface area contributed by atoms with Crippen LogP contribution in [0.4, 0.5) is 5.69 Å². The number of aromatic nitrogens is 1. The summed E-state index contributed by atoms with van der Waals surface area (Å²) in [6.07, 6.45) is 7.88. The molecule has 0 aromatic carbocycles. The van der Waals surface area contributed by atoms with E-state index in [1.807, 2.05) is 18.5 Å². The summed E-state index contributed by atoms with van der Waals surface area (Å²) in [5.74, 6) is 0. The van der Waals surface area contributed by atoms with Gasteiger partial charge in [-0.25, -0.2) is 0 Å². The van der Waals surface area contributed by atoms with Gasteiger partial charge in [-0.3, -0.25) is 9.88 Å². The van der Waals surface area contributed by atoms with Gasteiger partial charge in [0.25, 0.3) is 0 Å². The first-order chi connectivity index (χ1) is 7.84. The van der Waals surface area contributed by atoms with Gasteiger partial charge in [-0.1, -0.05) is 0 Å². The van der Waals surface area contributed by atoms with Gasteiger partial charge in [-0.05, 0) is 38.4 Å². The molecule has 3 rings (SSSR count). The second-order valence-corrected chi connectivity index (χ2v) is 5.00. The minimum absolute atomic E-state index is 0.743. The van der Waals surface area contributed by atoms with Gasteiger partial charge in [0, 0.05) is 31.4 Å². The number of likely N-dealkylation sites (N-methyl/N-ethyl adjacent to an activating group) is 1. The summed E-state index contributed by atoms with van der Waals surface area (Å²) in [6, 6.07) is 5.76. The number of rotatable bonds is 1. The summed E-state index contributed by atoms with van der Waals surface area (Å²) in [7, 11) is 2.29. The molecule has 0 amide bonds. The topological polar surface area (TPSA) is 19.4 Å². The van der Waals surface area contributed by atoms with Crippen LogP contribution < -0.4 is 4.90 Å². The molecule has 0 spiro atoms. The average Bonchev–Trinajstić information content (AvgIpc) is 2.54. The molecule has 16 heavy (non-hydrogen) atoms. The molecule has 2 bridgehead atoms. The fourth-order valence-corrected chi connectivity index (χ4v) is 3.08. The van der Waals surface area contributed by atoms with Crippen LogP contribution in [0.1, 0.15) is 19.3 Å². The summed E-state index contributed by atoms with van der Waals surface area (Å²) >= 11 is 0. The van der Waals surface area contributed by atoms with Crippen LogP contribution in [0.25, 0.3) is 0 Å². The van der Waals surface area contributed by atoms with Crippen molar-refractivity contribution in [2.75, 3.05) is 25.0 Å². The van der Waals surface area contributed by atoms with Crippen LogP contribution in [0.2, 0.25) is 0 Å². The molecular weight excluding hydrogens is 198 g/mol. The van der Waals surface area contributed by atoms with Gasteiger partial charge in [0.1, 0.15) is 0 Å². The minimum Gasteiger partial charge on any atom is -0.369 e. The highest BCUT2D eigenvalue weighted by atomic mass is 15.3. The van der Waals surface area contributed by atoms with Gasteiger partial charge in [-0.15, -0.1) is 0 Å². The fourth-order valence-electron chi connectivity index (χ4n) is 3.08. The Hall–Kier alpha value is -1.09. The molecule has 2 fully saturated rings. The number of nitrogens with zero attached hydrogens (tertiary/aromatic N) is 3. The largest absolute Gasteiger partial charge is 0.369 e. The first kappa shape index (κ1) is 10.1. The zero-order valence-electron chi connectivity index (χ0n) is 9.84. The summed E-state index contributed by atoms with van der Waals surface area (Å²) in [5, 5.41) is 0. The zero-order chi connectivity index (χ0) is 11.0. The van der Waals surface area contributed by atoms with Crippen molar-refractivity contribution < 1.29 is 0 Å². The SMILES string of the molecule is CN1C2CCC1CN(c1cccnc1)CC2. The zero-order valence-corrected chi connectivity index (χ0v) is 9.84. The molecule has 0 saturated carbocycles. The lowest BCUT2D eigenvalue weighted by Crippen LogP contribution is -2.36. The van der Waals surface area contributed by atoms with Crippen LogP contribution in [-0.4, -0.2) is 42.1 Å². The molecule has 2 aliphatic heterocycles. The first-order valence-corrected chi connectivity index (χ1v) is 6.21. The van der Waals surface area contributed by atoms with Crippen molar-refractivity contribution >= 4 is 5.69 Å². The lowest BCUT2D eigenvalue weighted by molar-refractivity contribution is 0.254. The van der Waals surface area contributed by atoms with E-state index in [4.69, 9.17) is 0 Å². The lowest BCUT2D eigenvalue weighted by Gasteiger charge is -2.27. The van der Waals surface area contributed by atoms with E-state index in [0.29, 0.717) is 0 Å². The average molecular weight is 217 g/mol. The van der Waals surface area contributed by atoms with Crippen LogP contribution in [0.3, 0.4) is 0 Å². The van der Waals surface area contributed by atoms with Gasteiger partial charge in [0.15, 0.2) is 0 Å². The molecule has 2 aliphatic rings. The minimum atomic E-state index is 0.743. The molecule has 86 valence electrons. The van der Waals surface area contributed by atoms with Crippen LogP contribution in [0, 0.1) is 0 Å². The van der Waals surface area contributed by atoms with Crippen LogP contribution in [-0.2, 0) is 0 Å². The van der Waals surface area contributed by atoms with Gasteiger partial charge < -0.3 is 4.90 Å². The normalized spacial score (nSPS) is 30.4. The predicted octanol–water partition coefficient (Wildman–Crippen LogP) is 1.75. The maximum Gasteiger partial charge on any atom is 0.0553 e. The smallest absolute Gasteiger partial charge is 0.0553 e. The van der Waals surface area contributed by atoms with Crippen LogP contribution >= 0.6 is 0 Å². The Kier molecular flexibility index (Phi) is 2.56. The van der Waals surface area contributed by atoms with E-state index < -0.39 is 0 Å². The van der Waals surface area contributed by atoms with Crippen molar-refractivity contribution in [3.05, 3.63) is 24.5 Å². The third-order valence-electron chi connectivity index (χ3n) is 4.16. The Morgan fingerprint density at radius 3 is 2.94 bits per heavy atom. The van der Waals surface area contributed by atoms with Crippen molar-refractivity contribution in [2.45, 2.75) is 31.3 Å². The molecular formula is C13H19N3. The maximum absolute atomic E-state index is 4.22. The number of anilines is 1. The molecule has 3 heterocycles. The Balaban J connectivity index is 1.79. The fraction of sp³-hybridized carbons (Fsp3) is 0.615. The van der Waals surface area contributed by atoms with Crippen molar-refractivity contribution in [2.24, 2.45) is 0 Å². The van der Waals surface area contributed by atoms with E-state index in [1.165, 1.54) is 38.0 Å². The number of pyridine rings is 1. The van der Waals surface area contributed by atoms with E-state index in [-0.39, 0.29) is 0 Å². The van der Waals surface area contributed by atoms with E-state index >= 15 is 0 Å². The van der Waals surface area contributed by atoms with Crippen molar-refractivity contribution in [1.29, 1.82) is 0 Å². The molecule has 2 saturated heterocycles. The van der Waals surface area contributed by atoms with Gasteiger partial charge >= 0.3 is 0 Å². The Morgan fingerprint density at radius 2 is 2.12 bits per heavy atom. The molecule has 2 atom stereocenters. The van der Waals surface area contributed by atoms with Crippen LogP contribution in [0.5, 0.6) is 0 Å². The highest BCUT2D eigenvalue weighted by molar-refractivity contribution is 5.44. The lowest BCUT2D eigenvalue weighted by atomic mass is 10.1. The molecule has 0 radical (unpaired) electrons. The Bertz CT molecular complexity index is 351. The number of hydrogen-bond donors (Lipinski definition) is 0. The predicted molar refractivity (Wildman–Crippen MR) is 65.6 cm³/mol. The Labute approximate surface area is 97.1 Å². The first-order valence-electron chi connectivity index (χ1n) is 6.21. The van der Waals surface area contributed by atoms with E-state index in [2.05, 4.69) is 27.9 Å². The maximum atomic E-state index is 4.22. The summed E-state index contributed by atoms with van der Waals surface area (Å²) in [6.45, 7) is 2.34. The second kappa shape index (κ2) is 4.06. The second-order valence-electron chi connectivity index (χ2n) is 5.00. The van der Waals surface area contributed by atoms with Crippen molar-refractivity contribution in [3.63, 3.8) is 0 Å². The monoisotopic (exact) mass is 217 g/mol. The molecule has 1 aromatic rings. The van der Waals surface area contributed by atoms with Crippen molar-refractivity contribution in [3.8, 4) is 0 Å². The number of fused-ring (bicyclic) bond motifs is 2.